The van der Waals surface area contributed by atoms with Crippen LogP contribution in [0.1, 0.15) is 31.2 Å². The van der Waals surface area contributed by atoms with Crippen LogP contribution in [0.15, 0.2) is 22.7 Å². The molecule has 1 aromatic rings. The van der Waals surface area contributed by atoms with Gasteiger partial charge in [0, 0.05) is 10.2 Å². The first kappa shape index (κ1) is 14.3. The predicted octanol–water partition coefficient (Wildman–Crippen LogP) is 3.18. The van der Waals surface area contributed by atoms with Crippen LogP contribution in [0.25, 0.3) is 0 Å². The molecule has 1 saturated carbocycles. The second kappa shape index (κ2) is 6.39. The number of rotatable bonds is 2. The number of aliphatic hydroxyl groups excluding tert-OH is 1. The number of carbonyl (C=O) groups is 1. The SMILES string of the molecule is Cc1cc(Br)ccc1NC(=O)NC1CCCCC1O. The Hall–Kier alpha value is -1.07. The van der Waals surface area contributed by atoms with Crippen molar-refractivity contribution in [3.63, 3.8) is 0 Å². The fourth-order valence-electron chi connectivity index (χ4n) is 2.37. The lowest BCUT2D eigenvalue weighted by Crippen LogP contribution is -2.46. The van der Waals surface area contributed by atoms with Gasteiger partial charge >= 0.3 is 6.03 Å². The molecule has 0 aromatic heterocycles. The lowest BCUT2D eigenvalue weighted by molar-refractivity contribution is 0.0955. The number of hydrogen-bond acceptors (Lipinski definition) is 2. The first-order valence-electron chi connectivity index (χ1n) is 6.58. The van der Waals surface area contributed by atoms with Gasteiger partial charge in [-0.05, 0) is 43.5 Å². The second-order valence-corrected chi connectivity index (χ2v) is 5.93. The van der Waals surface area contributed by atoms with Gasteiger partial charge in [0.25, 0.3) is 0 Å². The van der Waals surface area contributed by atoms with E-state index in [1.54, 1.807) is 0 Å². The standard InChI is InChI=1S/C14H19BrN2O2/c1-9-8-10(15)6-7-11(9)16-14(19)17-12-4-2-3-5-13(12)18/h6-8,12-13,18H,2-5H2,1H3,(H2,16,17,19). The molecule has 0 bridgehead atoms. The highest BCUT2D eigenvalue weighted by atomic mass is 79.9. The maximum atomic E-state index is 11.9. The molecule has 19 heavy (non-hydrogen) atoms. The Morgan fingerprint density at radius 1 is 1.37 bits per heavy atom. The summed E-state index contributed by atoms with van der Waals surface area (Å²) in [7, 11) is 0. The summed E-state index contributed by atoms with van der Waals surface area (Å²) < 4.78 is 0.985. The van der Waals surface area contributed by atoms with E-state index in [0.29, 0.717) is 0 Å². The summed E-state index contributed by atoms with van der Waals surface area (Å²) >= 11 is 3.39. The molecule has 1 aliphatic rings. The van der Waals surface area contributed by atoms with Gasteiger partial charge < -0.3 is 15.7 Å². The zero-order valence-corrected chi connectivity index (χ0v) is 12.5. The molecule has 5 heteroatoms. The van der Waals surface area contributed by atoms with Crippen LogP contribution < -0.4 is 10.6 Å². The summed E-state index contributed by atoms with van der Waals surface area (Å²) in [6.07, 6.45) is 3.27. The number of hydrogen-bond donors (Lipinski definition) is 3. The molecule has 0 saturated heterocycles. The molecule has 4 nitrogen and oxygen atoms in total. The predicted molar refractivity (Wildman–Crippen MR) is 79.3 cm³/mol. The number of urea groups is 1. The lowest BCUT2D eigenvalue weighted by atomic mass is 9.93. The Labute approximate surface area is 121 Å². The van der Waals surface area contributed by atoms with Gasteiger partial charge in [-0.25, -0.2) is 4.79 Å². The van der Waals surface area contributed by atoms with Crippen molar-refractivity contribution in [2.24, 2.45) is 0 Å². The molecule has 1 aliphatic carbocycles. The molecule has 1 fully saturated rings. The van der Waals surface area contributed by atoms with Crippen LogP contribution >= 0.6 is 15.9 Å². The Balaban J connectivity index is 1.93. The van der Waals surface area contributed by atoms with Crippen molar-refractivity contribution in [3.8, 4) is 0 Å². The van der Waals surface area contributed by atoms with E-state index >= 15 is 0 Å². The third-order valence-corrected chi connectivity index (χ3v) is 3.98. The molecule has 104 valence electrons. The molecule has 0 aliphatic heterocycles. The van der Waals surface area contributed by atoms with E-state index in [0.717, 1.165) is 41.4 Å². The molecule has 2 unspecified atom stereocenters. The number of aliphatic hydroxyl groups is 1. The van der Waals surface area contributed by atoms with E-state index in [-0.39, 0.29) is 12.1 Å². The number of anilines is 1. The summed E-state index contributed by atoms with van der Waals surface area (Å²) in [5.41, 5.74) is 1.78. The highest BCUT2D eigenvalue weighted by Crippen LogP contribution is 2.21. The van der Waals surface area contributed by atoms with Crippen molar-refractivity contribution in [1.29, 1.82) is 0 Å². The first-order chi connectivity index (χ1) is 9.06. The van der Waals surface area contributed by atoms with Gasteiger partial charge in [0.2, 0.25) is 0 Å². The van der Waals surface area contributed by atoms with Gasteiger partial charge in [0.05, 0.1) is 12.1 Å². The van der Waals surface area contributed by atoms with E-state index in [2.05, 4.69) is 26.6 Å². The number of halogens is 1. The minimum absolute atomic E-state index is 0.135. The largest absolute Gasteiger partial charge is 0.391 e. The number of benzene rings is 1. The van der Waals surface area contributed by atoms with Gasteiger partial charge in [0.15, 0.2) is 0 Å². The Morgan fingerprint density at radius 3 is 2.79 bits per heavy atom. The second-order valence-electron chi connectivity index (χ2n) is 5.02. The number of carbonyl (C=O) groups excluding carboxylic acids is 1. The van der Waals surface area contributed by atoms with Gasteiger partial charge in [-0.2, -0.15) is 0 Å². The van der Waals surface area contributed by atoms with Crippen molar-refractivity contribution < 1.29 is 9.90 Å². The molecule has 0 spiro atoms. The Bertz CT molecular complexity index is 465. The van der Waals surface area contributed by atoms with Gasteiger partial charge in [-0.1, -0.05) is 28.8 Å². The quantitative estimate of drug-likeness (QED) is 0.781. The van der Waals surface area contributed by atoms with Crippen LogP contribution in [-0.2, 0) is 0 Å². The van der Waals surface area contributed by atoms with Gasteiger partial charge in [0.1, 0.15) is 0 Å². The average Bonchev–Trinajstić information content (AvgIpc) is 2.36. The summed E-state index contributed by atoms with van der Waals surface area (Å²) in [6.45, 7) is 1.94. The van der Waals surface area contributed by atoms with E-state index in [4.69, 9.17) is 0 Å². The summed E-state index contributed by atoms with van der Waals surface area (Å²) in [5, 5.41) is 15.5. The fraction of sp³-hybridized carbons (Fsp3) is 0.500. The van der Waals surface area contributed by atoms with Crippen molar-refractivity contribution in [2.75, 3.05) is 5.32 Å². The van der Waals surface area contributed by atoms with Crippen LogP contribution in [0.2, 0.25) is 0 Å². The number of amides is 2. The van der Waals surface area contributed by atoms with Crippen LogP contribution in [0.3, 0.4) is 0 Å². The van der Waals surface area contributed by atoms with Crippen LogP contribution in [-0.4, -0.2) is 23.3 Å². The summed E-state index contributed by atoms with van der Waals surface area (Å²) in [5.74, 6) is 0. The lowest BCUT2D eigenvalue weighted by Gasteiger charge is -2.28. The first-order valence-corrected chi connectivity index (χ1v) is 7.37. The van der Waals surface area contributed by atoms with E-state index in [9.17, 15) is 9.90 Å². The Kier molecular flexibility index (Phi) is 4.82. The third kappa shape index (κ3) is 3.94. The molecule has 2 atom stereocenters. The molecule has 2 rings (SSSR count). The topological polar surface area (TPSA) is 61.4 Å². The minimum atomic E-state index is -0.425. The molecule has 0 heterocycles. The number of aryl methyl sites for hydroxylation is 1. The van der Waals surface area contributed by atoms with E-state index in [1.807, 2.05) is 25.1 Å². The fourth-order valence-corrected chi connectivity index (χ4v) is 2.85. The highest BCUT2D eigenvalue weighted by Gasteiger charge is 2.24. The van der Waals surface area contributed by atoms with Crippen molar-refractivity contribution in [3.05, 3.63) is 28.2 Å². The zero-order valence-electron chi connectivity index (χ0n) is 10.9. The molecular formula is C14H19BrN2O2. The normalized spacial score (nSPS) is 22.9. The smallest absolute Gasteiger partial charge is 0.319 e. The maximum Gasteiger partial charge on any atom is 0.319 e. The Morgan fingerprint density at radius 2 is 2.11 bits per heavy atom. The number of nitrogens with one attached hydrogen (secondary N) is 2. The zero-order chi connectivity index (χ0) is 13.8. The molecule has 3 N–H and O–H groups in total. The minimum Gasteiger partial charge on any atom is -0.391 e. The third-order valence-electron chi connectivity index (χ3n) is 3.48. The van der Waals surface area contributed by atoms with Crippen molar-refractivity contribution in [1.82, 2.24) is 5.32 Å². The van der Waals surface area contributed by atoms with Crippen LogP contribution in [0.4, 0.5) is 10.5 Å². The van der Waals surface area contributed by atoms with E-state index in [1.165, 1.54) is 0 Å². The maximum absolute atomic E-state index is 11.9. The molecular weight excluding hydrogens is 308 g/mol. The molecule has 2 amide bonds. The van der Waals surface area contributed by atoms with E-state index < -0.39 is 6.10 Å². The van der Waals surface area contributed by atoms with Crippen molar-refractivity contribution >= 4 is 27.6 Å². The monoisotopic (exact) mass is 326 g/mol. The van der Waals surface area contributed by atoms with Crippen LogP contribution in [0.5, 0.6) is 0 Å². The van der Waals surface area contributed by atoms with Gasteiger partial charge in [-0.15, -0.1) is 0 Å². The molecule has 1 aromatic carbocycles. The van der Waals surface area contributed by atoms with Gasteiger partial charge in [-0.3, -0.25) is 0 Å². The highest BCUT2D eigenvalue weighted by molar-refractivity contribution is 9.10. The van der Waals surface area contributed by atoms with Crippen LogP contribution in [0, 0.1) is 6.92 Å². The summed E-state index contributed by atoms with van der Waals surface area (Å²) in [6, 6.07) is 5.31. The van der Waals surface area contributed by atoms with Crippen molar-refractivity contribution in [2.45, 2.75) is 44.8 Å². The average molecular weight is 327 g/mol. The summed E-state index contributed by atoms with van der Waals surface area (Å²) in [4.78, 5) is 11.9. The molecule has 0 radical (unpaired) electrons.